The summed E-state index contributed by atoms with van der Waals surface area (Å²) in [7, 11) is 1.43. The zero-order valence-electron chi connectivity index (χ0n) is 9.67. The quantitative estimate of drug-likeness (QED) is 0.803. The lowest BCUT2D eigenvalue weighted by Gasteiger charge is -2.16. The van der Waals surface area contributed by atoms with Crippen LogP contribution in [-0.4, -0.2) is 36.9 Å². The van der Waals surface area contributed by atoms with Crippen molar-refractivity contribution in [3.05, 3.63) is 17.5 Å². The molecule has 1 fully saturated rings. The van der Waals surface area contributed by atoms with Crippen molar-refractivity contribution in [2.24, 2.45) is 7.05 Å². The van der Waals surface area contributed by atoms with Crippen molar-refractivity contribution >= 4 is 17.2 Å². The van der Waals surface area contributed by atoms with Crippen LogP contribution in [0.3, 0.4) is 0 Å². The van der Waals surface area contributed by atoms with Crippen LogP contribution in [0, 0.1) is 0 Å². The minimum atomic E-state index is -2.86. The van der Waals surface area contributed by atoms with Crippen LogP contribution in [0.1, 0.15) is 29.4 Å². The van der Waals surface area contributed by atoms with Crippen LogP contribution in [0.5, 0.6) is 0 Å². The molecule has 0 saturated carbocycles. The van der Waals surface area contributed by atoms with Gasteiger partial charge < -0.3 is 0 Å². The van der Waals surface area contributed by atoms with Crippen molar-refractivity contribution in [3.8, 4) is 0 Å². The first kappa shape index (κ1) is 13.1. The molecule has 0 aromatic carbocycles. The van der Waals surface area contributed by atoms with Gasteiger partial charge in [0.15, 0.2) is 0 Å². The number of rotatable bonds is 2. The summed E-state index contributed by atoms with van der Waals surface area (Å²) in [4.78, 5) is 12.1. The molecule has 0 N–H and O–H groups in total. The molecule has 1 aromatic rings. The Morgan fingerprint density at radius 1 is 1.67 bits per heavy atom. The number of hydrogen-bond acceptors (Lipinski definition) is 4. The molecule has 1 aliphatic heterocycles. The van der Waals surface area contributed by atoms with Gasteiger partial charge in [-0.2, -0.15) is 5.10 Å². The molecule has 1 amide bonds. The second kappa shape index (κ2) is 4.73. The summed E-state index contributed by atoms with van der Waals surface area (Å²) in [6.07, 6.45) is -1.68. The molecule has 18 heavy (non-hydrogen) atoms. The van der Waals surface area contributed by atoms with Crippen LogP contribution >= 0.6 is 0 Å². The van der Waals surface area contributed by atoms with Crippen LogP contribution in [0.25, 0.3) is 0 Å². The number of aryl methyl sites for hydroxylation is 1. The Kier molecular flexibility index (Phi) is 3.44. The highest BCUT2D eigenvalue weighted by Gasteiger charge is 2.37. The van der Waals surface area contributed by atoms with E-state index in [1.807, 2.05) is 0 Å². The molecule has 1 aromatic heterocycles. The predicted molar refractivity (Wildman–Crippen MR) is 57.9 cm³/mol. The maximum Gasteiger partial charge on any atom is 0.282 e. The summed E-state index contributed by atoms with van der Waals surface area (Å²) in [5.74, 6) is -0.762. The average Bonchev–Trinajstić information content (AvgIpc) is 2.82. The zero-order valence-corrected chi connectivity index (χ0v) is 10.5. The molecule has 9 heteroatoms. The molecule has 6 nitrogen and oxygen atoms in total. The van der Waals surface area contributed by atoms with Gasteiger partial charge in [-0.1, -0.05) is 0 Å². The Morgan fingerprint density at radius 2 is 2.33 bits per heavy atom. The fourth-order valence-corrected chi connectivity index (χ4v) is 2.66. The fourth-order valence-electron chi connectivity index (χ4n) is 1.65. The van der Waals surface area contributed by atoms with Crippen molar-refractivity contribution in [1.29, 1.82) is 0 Å². The van der Waals surface area contributed by atoms with Gasteiger partial charge in [0, 0.05) is 13.2 Å². The number of hydrogen-bond donors (Lipinski definition) is 0. The van der Waals surface area contributed by atoms with Crippen LogP contribution < -0.4 is 0 Å². The van der Waals surface area contributed by atoms with Gasteiger partial charge in [0.1, 0.15) is 5.69 Å². The first-order valence-corrected chi connectivity index (χ1v) is 6.15. The number of alkyl halides is 2. The van der Waals surface area contributed by atoms with Crippen molar-refractivity contribution in [2.75, 3.05) is 6.61 Å². The van der Waals surface area contributed by atoms with Crippen molar-refractivity contribution in [1.82, 2.24) is 14.1 Å². The van der Waals surface area contributed by atoms with Gasteiger partial charge in [-0.15, -0.1) is 0 Å². The molecule has 0 aliphatic carbocycles. The standard InChI is InChI=1S/C9H11F2N3O3S/c1-5-4-17-18(16)14(5)9(15)6-3-13(2)12-7(6)8(10)11/h3,5,8H,4H2,1-2H3. The average molecular weight is 279 g/mol. The van der Waals surface area contributed by atoms with Gasteiger partial charge in [0.05, 0.1) is 18.2 Å². The Bertz CT molecular complexity index is 505. The van der Waals surface area contributed by atoms with Crippen LogP contribution in [0.15, 0.2) is 6.20 Å². The summed E-state index contributed by atoms with van der Waals surface area (Å²) in [6, 6.07) is -0.427. The third-order valence-electron chi connectivity index (χ3n) is 2.47. The van der Waals surface area contributed by atoms with E-state index in [4.69, 9.17) is 4.18 Å². The fraction of sp³-hybridized carbons (Fsp3) is 0.556. The van der Waals surface area contributed by atoms with Crippen LogP contribution in [-0.2, 0) is 22.5 Å². The normalized spacial score (nSPS) is 23.9. The number of carbonyl (C=O) groups excluding carboxylic acids is 1. The molecule has 0 radical (unpaired) electrons. The molecule has 1 aliphatic rings. The van der Waals surface area contributed by atoms with E-state index in [9.17, 15) is 17.8 Å². The van der Waals surface area contributed by atoms with E-state index >= 15 is 0 Å². The topological polar surface area (TPSA) is 64.4 Å². The van der Waals surface area contributed by atoms with E-state index in [1.54, 1.807) is 6.92 Å². The van der Waals surface area contributed by atoms with Crippen LogP contribution in [0.4, 0.5) is 8.78 Å². The highest BCUT2D eigenvalue weighted by atomic mass is 32.2. The third kappa shape index (κ3) is 2.15. The molecular formula is C9H11F2N3O3S. The monoisotopic (exact) mass is 279 g/mol. The lowest BCUT2D eigenvalue weighted by Crippen LogP contribution is -2.35. The summed E-state index contributed by atoms with van der Waals surface area (Å²) in [6.45, 7) is 1.74. The molecule has 2 atom stereocenters. The Balaban J connectivity index is 2.37. The molecule has 1 saturated heterocycles. The molecular weight excluding hydrogens is 268 g/mol. The van der Waals surface area contributed by atoms with Gasteiger partial charge in [0.25, 0.3) is 23.6 Å². The molecule has 2 heterocycles. The second-order valence-corrected chi connectivity index (χ2v) is 4.95. The van der Waals surface area contributed by atoms with E-state index in [-0.39, 0.29) is 12.2 Å². The van der Waals surface area contributed by atoms with E-state index in [0.717, 1.165) is 8.99 Å². The predicted octanol–water partition coefficient (Wildman–Crippen LogP) is 0.797. The van der Waals surface area contributed by atoms with E-state index < -0.39 is 35.3 Å². The number of halogens is 2. The summed E-state index contributed by atoms with van der Waals surface area (Å²) in [5.41, 5.74) is -0.864. The Labute approximate surface area is 104 Å². The minimum Gasteiger partial charge on any atom is -0.275 e. The SMILES string of the molecule is CC1COS(=O)N1C(=O)c1cn(C)nc1C(F)F. The van der Waals surface area contributed by atoms with Crippen molar-refractivity contribution in [3.63, 3.8) is 0 Å². The smallest absolute Gasteiger partial charge is 0.275 e. The van der Waals surface area contributed by atoms with Gasteiger partial charge in [0.2, 0.25) is 0 Å². The number of nitrogens with zero attached hydrogens (tertiary/aromatic N) is 3. The summed E-state index contributed by atoms with van der Waals surface area (Å²) < 4.78 is 43.8. The van der Waals surface area contributed by atoms with E-state index in [1.165, 1.54) is 13.2 Å². The molecule has 2 rings (SSSR count). The van der Waals surface area contributed by atoms with Crippen molar-refractivity contribution in [2.45, 2.75) is 19.4 Å². The summed E-state index contributed by atoms with van der Waals surface area (Å²) >= 11 is -1.93. The molecule has 0 spiro atoms. The largest absolute Gasteiger partial charge is 0.282 e. The second-order valence-electron chi connectivity index (χ2n) is 3.88. The molecule has 100 valence electrons. The van der Waals surface area contributed by atoms with E-state index in [0.29, 0.717) is 0 Å². The molecule has 2 unspecified atom stereocenters. The zero-order chi connectivity index (χ0) is 13.4. The molecule has 0 bridgehead atoms. The highest BCUT2D eigenvalue weighted by molar-refractivity contribution is 7.78. The first-order valence-electron chi connectivity index (χ1n) is 5.12. The van der Waals surface area contributed by atoms with Crippen LogP contribution in [0.2, 0.25) is 0 Å². The van der Waals surface area contributed by atoms with Gasteiger partial charge >= 0.3 is 0 Å². The maximum atomic E-state index is 12.7. The maximum absolute atomic E-state index is 12.7. The first-order chi connectivity index (χ1) is 8.41. The van der Waals surface area contributed by atoms with Gasteiger partial charge in [-0.05, 0) is 6.92 Å². The van der Waals surface area contributed by atoms with Gasteiger partial charge in [-0.3, -0.25) is 13.7 Å². The lowest BCUT2D eigenvalue weighted by atomic mass is 10.2. The number of amides is 1. The van der Waals surface area contributed by atoms with Crippen molar-refractivity contribution < 1.29 is 22.0 Å². The number of carbonyl (C=O) groups is 1. The Hall–Kier alpha value is -1.35. The minimum absolute atomic E-state index is 0.114. The highest BCUT2D eigenvalue weighted by Crippen LogP contribution is 2.25. The van der Waals surface area contributed by atoms with E-state index in [2.05, 4.69) is 5.10 Å². The van der Waals surface area contributed by atoms with Gasteiger partial charge in [-0.25, -0.2) is 17.3 Å². The lowest BCUT2D eigenvalue weighted by molar-refractivity contribution is 0.0833. The third-order valence-corrected chi connectivity index (χ3v) is 3.65. The Morgan fingerprint density at radius 3 is 2.83 bits per heavy atom. The number of aromatic nitrogens is 2. The summed E-state index contributed by atoms with van der Waals surface area (Å²) in [5, 5.41) is 3.53.